The van der Waals surface area contributed by atoms with Gasteiger partial charge in [0.1, 0.15) is 0 Å². The maximum absolute atomic E-state index is 13.4. The summed E-state index contributed by atoms with van der Waals surface area (Å²) in [4.78, 5) is 1.80. The van der Waals surface area contributed by atoms with Crippen LogP contribution in [0.4, 0.5) is 8.78 Å². The van der Waals surface area contributed by atoms with Gasteiger partial charge in [0, 0.05) is 35.7 Å². The Morgan fingerprint density at radius 1 is 1.20 bits per heavy atom. The van der Waals surface area contributed by atoms with Crippen LogP contribution in [0.5, 0.6) is 0 Å². The van der Waals surface area contributed by atoms with E-state index in [1.54, 1.807) is 23.1 Å². The molecule has 1 aliphatic heterocycles. The summed E-state index contributed by atoms with van der Waals surface area (Å²) in [5, 5.41) is 3.64. The Balaban J connectivity index is 0.00000180. The number of nitrogens with one attached hydrogen (secondary N) is 1. The van der Waals surface area contributed by atoms with E-state index in [4.69, 9.17) is 11.6 Å². The lowest BCUT2D eigenvalue weighted by Gasteiger charge is -2.35. The summed E-state index contributed by atoms with van der Waals surface area (Å²) in [6, 6.07) is 4.12. The van der Waals surface area contributed by atoms with Gasteiger partial charge in [0.05, 0.1) is 6.04 Å². The Hall–Kier alpha value is 0.350. The number of rotatable bonds is 3. The van der Waals surface area contributed by atoms with E-state index in [1.165, 1.54) is 0 Å². The molecule has 1 aromatic rings. The molecule has 1 aromatic carbocycles. The quantitative estimate of drug-likeness (QED) is 0.802. The maximum atomic E-state index is 13.4. The van der Waals surface area contributed by atoms with Gasteiger partial charge in [0.15, 0.2) is 0 Å². The maximum Gasteiger partial charge on any atom is 0.258 e. The van der Waals surface area contributed by atoms with Gasteiger partial charge in [-0.15, -0.1) is 24.8 Å². The molecule has 0 amide bonds. The second-order valence-electron chi connectivity index (χ2n) is 4.23. The van der Waals surface area contributed by atoms with Crippen molar-refractivity contribution in [2.45, 2.75) is 12.5 Å². The predicted octanol–water partition coefficient (Wildman–Crippen LogP) is 4.16. The van der Waals surface area contributed by atoms with E-state index >= 15 is 0 Å². The van der Waals surface area contributed by atoms with E-state index in [0.29, 0.717) is 28.1 Å². The Kier molecular flexibility index (Phi) is 9.55. The Labute approximate surface area is 143 Å². The van der Waals surface area contributed by atoms with Crippen LogP contribution >= 0.6 is 52.3 Å². The molecule has 1 aliphatic rings. The minimum atomic E-state index is -2.43. The molecular weight excluding hydrogens is 396 g/mol. The molecule has 1 saturated heterocycles. The Bertz CT molecular complexity index is 418. The van der Waals surface area contributed by atoms with Crippen molar-refractivity contribution in [1.29, 1.82) is 0 Å². The summed E-state index contributed by atoms with van der Waals surface area (Å²) < 4.78 is 27.4. The van der Waals surface area contributed by atoms with Gasteiger partial charge in [0.25, 0.3) is 6.43 Å². The summed E-state index contributed by atoms with van der Waals surface area (Å²) in [7, 11) is 0. The Morgan fingerprint density at radius 3 is 2.35 bits per heavy atom. The molecule has 0 unspecified atom stereocenters. The number of nitrogens with zero attached hydrogens (tertiary/aromatic N) is 1. The van der Waals surface area contributed by atoms with Crippen LogP contribution in [0.1, 0.15) is 11.6 Å². The van der Waals surface area contributed by atoms with Crippen LogP contribution in [0.3, 0.4) is 0 Å². The monoisotopic (exact) mass is 410 g/mol. The molecule has 0 saturated carbocycles. The van der Waals surface area contributed by atoms with Crippen molar-refractivity contribution in [3.63, 3.8) is 0 Å². The standard InChI is InChI=1S/C12H14BrClF2N2.2ClH/c13-10-2-1-8(14)7-9(10)11(12(15)16)18-5-3-17-4-6-18;;/h1-2,7,11-12,17H,3-6H2;2*1H/t11-;;/m1../s1. The van der Waals surface area contributed by atoms with E-state index in [-0.39, 0.29) is 24.8 Å². The normalized spacial score (nSPS) is 17.2. The summed E-state index contributed by atoms with van der Waals surface area (Å²) in [6.45, 7) is 2.71. The fraction of sp³-hybridized carbons (Fsp3) is 0.500. The van der Waals surface area contributed by atoms with E-state index < -0.39 is 12.5 Å². The number of hydrogen-bond acceptors (Lipinski definition) is 2. The number of halogens is 6. The van der Waals surface area contributed by atoms with E-state index in [9.17, 15) is 8.78 Å². The van der Waals surface area contributed by atoms with Crippen molar-refractivity contribution in [2.75, 3.05) is 26.2 Å². The zero-order valence-electron chi connectivity index (χ0n) is 10.5. The highest BCUT2D eigenvalue weighted by Crippen LogP contribution is 2.34. The zero-order valence-corrected chi connectivity index (χ0v) is 14.5. The third kappa shape index (κ3) is 4.97. The van der Waals surface area contributed by atoms with Crippen molar-refractivity contribution < 1.29 is 8.78 Å². The average Bonchev–Trinajstić information content (AvgIpc) is 2.35. The first kappa shape index (κ1) is 20.3. The smallest absolute Gasteiger partial charge is 0.258 e. The molecule has 1 atom stereocenters. The second-order valence-corrected chi connectivity index (χ2v) is 5.52. The van der Waals surface area contributed by atoms with Gasteiger partial charge in [-0.2, -0.15) is 0 Å². The molecule has 0 radical (unpaired) electrons. The summed E-state index contributed by atoms with van der Waals surface area (Å²) in [5.41, 5.74) is 0.555. The number of piperazine rings is 1. The molecule has 0 bridgehead atoms. The van der Waals surface area contributed by atoms with Crippen LogP contribution < -0.4 is 5.32 Å². The van der Waals surface area contributed by atoms with Crippen molar-refractivity contribution in [2.24, 2.45) is 0 Å². The van der Waals surface area contributed by atoms with Crippen LogP contribution in [-0.4, -0.2) is 37.5 Å². The first-order valence-electron chi connectivity index (χ1n) is 5.77. The van der Waals surface area contributed by atoms with Gasteiger partial charge < -0.3 is 5.32 Å². The van der Waals surface area contributed by atoms with Gasteiger partial charge in [0.2, 0.25) is 0 Å². The minimum Gasteiger partial charge on any atom is -0.314 e. The topological polar surface area (TPSA) is 15.3 Å². The third-order valence-corrected chi connectivity index (χ3v) is 4.02. The van der Waals surface area contributed by atoms with Crippen LogP contribution in [0.25, 0.3) is 0 Å². The van der Waals surface area contributed by atoms with Gasteiger partial charge >= 0.3 is 0 Å². The zero-order chi connectivity index (χ0) is 13.1. The average molecular weight is 413 g/mol. The van der Waals surface area contributed by atoms with E-state index in [2.05, 4.69) is 21.2 Å². The van der Waals surface area contributed by atoms with Crippen molar-refractivity contribution >= 4 is 52.3 Å². The first-order valence-corrected chi connectivity index (χ1v) is 6.94. The molecule has 0 spiro atoms. The van der Waals surface area contributed by atoms with Crippen LogP contribution in [0.15, 0.2) is 22.7 Å². The number of alkyl halides is 2. The lowest BCUT2D eigenvalue weighted by molar-refractivity contribution is 0.0178. The summed E-state index contributed by atoms with van der Waals surface area (Å²) >= 11 is 9.24. The molecule has 0 aliphatic carbocycles. The number of benzene rings is 1. The predicted molar refractivity (Wildman–Crippen MR) is 86.8 cm³/mol. The SMILES string of the molecule is Cl.Cl.FC(F)[C@@H](c1cc(Cl)ccc1Br)N1CCNCC1. The lowest BCUT2D eigenvalue weighted by Crippen LogP contribution is -2.47. The van der Waals surface area contributed by atoms with Crippen molar-refractivity contribution in [3.8, 4) is 0 Å². The lowest BCUT2D eigenvalue weighted by atomic mass is 10.0. The summed E-state index contributed by atoms with van der Waals surface area (Å²) in [6.07, 6.45) is -2.43. The summed E-state index contributed by atoms with van der Waals surface area (Å²) in [5.74, 6) is 0. The minimum absolute atomic E-state index is 0. The van der Waals surface area contributed by atoms with E-state index in [1.807, 2.05) is 0 Å². The third-order valence-electron chi connectivity index (χ3n) is 3.06. The molecule has 0 aromatic heterocycles. The van der Waals surface area contributed by atoms with Gasteiger partial charge in [-0.25, -0.2) is 8.78 Å². The second kappa shape index (κ2) is 9.38. The van der Waals surface area contributed by atoms with E-state index in [0.717, 1.165) is 13.1 Å². The highest BCUT2D eigenvalue weighted by Gasteiger charge is 2.31. The molecule has 2 nitrogen and oxygen atoms in total. The molecule has 1 fully saturated rings. The molecule has 20 heavy (non-hydrogen) atoms. The molecule has 116 valence electrons. The van der Waals surface area contributed by atoms with Crippen molar-refractivity contribution in [3.05, 3.63) is 33.3 Å². The van der Waals surface area contributed by atoms with Crippen LogP contribution in [0.2, 0.25) is 5.02 Å². The highest BCUT2D eigenvalue weighted by molar-refractivity contribution is 9.10. The van der Waals surface area contributed by atoms with Gasteiger partial charge in [-0.1, -0.05) is 27.5 Å². The molecular formula is C12H16BrCl3F2N2. The highest BCUT2D eigenvalue weighted by atomic mass is 79.9. The van der Waals surface area contributed by atoms with Crippen LogP contribution in [-0.2, 0) is 0 Å². The van der Waals surface area contributed by atoms with Gasteiger partial charge in [-0.05, 0) is 23.8 Å². The van der Waals surface area contributed by atoms with Crippen LogP contribution in [0, 0.1) is 0 Å². The molecule has 8 heteroatoms. The molecule has 2 rings (SSSR count). The largest absolute Gasteiger partial charge is 0.314 e. The Morgan fingerprint density at radius 2 is 1.80 bits per heavy atom. The van der Waals surface area contributed by atoms with Gasteiger partial charge in [-0.3, -0.25) is 4.90 Å². The van der Waals surface area contributed by atoms with Crippen molar-refractivity contribution in [1.82, 2.24) is 10.2 Å². The number of hydrogen-bond donors (Lipinski definition) is 1. The molecule has 1 heterocycles. The fourth-order valence-electron chi connectivity index (χ4n) is 2.19. The fourth-order valence-corrected chi connectivity index (χ4v) is 2.86. The molecule has 1 N–H and O–H groups in total. The first-order chi connectivity index (χ1) is 8.59.